The van der Waals surface area contributed by atoms with Crippen molar-refractivity contribution >= 4 is 5.91 Å². The van der Waals surface area contributed by atoms with Crippen LogP contribution in [0.3, 0.4) is 0 Å². The van der Waals surface area contributed by atoms with Crippen LogP contribution in [0.5, 0.6) is 0 Å². The molecule has 0 spiro atoms. The lowest BCUT2D eigenvalue weighted by molar-refractivity contribution is 0.0930. The Hall–Kier alpha value is -2.76. The van der Waals surface area contributed by atoms with Crippen molar-refractivity contribution in [1.82, 2.24) is 10.5 Å². The second-order valence-electron chi connectivity index (χ2n) is 4.71. The molecule has 3 aromatic heterocycles. The van der Waals surface area contributed by atoms with E-state index in [-0.39, 0.29) is 17.6 Å². The Morgan fingerprint density at radius 1 is 1.24 bits per heavy atom. The van der Waals surface area contributed by atoms with Gasteiger partial charge in [0.05, 0.1) is 12.5 Å². The Balaban J connectivity index is 1.63. The molecule has 0 radical (unpaired) electrons. The standard InChI is InChI=1S/C15H14N2O4/c1-10(8-11-4-2-6-19-11)16-15(18)12-9-14(21-17-12)13-5-3-7-20-13/h2-7,9-10H,8H2,1H3,(H,16,18)/t10-/m1/s1. The van der Waals surface area contributed by atoms with E-state index in [1.54, 1.807) is 24.5 Å². The third kappa shape index (κ3) is 3.05. The zero-order valence-electron chi connectivity index (χ0n) is 11.4. The number of carbonyl (C=O) groups is 1. The van der Waals surface area contributed by atoms with Gasteiger partial charge in [0.25, 0.3) is 5.91 Å². The molecule has 3 heterocycles. The number of nitrogens with one attached hydrogen (secondary N) is 1. The minimum Gasteiger partial charge on any atom is -0.469 e. The van der Waals surface area contributed by atoms with Gasteiger partial charge in [0.1, 0.15) is 5.76 Å². The van der Waals surface area contributed by atoms with E-state index < -0.39 is 0 Å². The van der Waals surface area contributed by atoms with Crippen molar-refractivity contribution in [1.29, 1.82) is 0 Å². The van der Waals surface area contributed by atoms with E-state index in [0.29, 0.717) is 17.9 Å². The number of hydrogen-bond donors (Lipinski definition) is 1. The van der Waals surface area contributed by atoms with Crippen LogP contribution in [0.1, 0.15) is 23.2 Å². The lowest BCUT2D eigenvalue weighted by atomic mass is 10.2. The summed E-state index contributed by atoms with van der Waals surface area (Å²) in [5.41, 5.74) is 0.215. The average Bonchev–Trinajstić information content (AvgIpc) is 3.20. The number of amides is 1. The molecule has 0 bridgehead atoms. The summed E-state index contributed by atoms with van der Waals surface area (Å²) < 4.78 is 15.5. The minimum absolute atomic E-state index is 0.0765. The first-order valence-corrected chi connectivity index (χ1v) is 6.56. The fraction of sp³-hybridized carbons (Fsp3) is 0.200. The van der Waals surface area contributed by atoms with Gasteiger partial charge >= 0.3 is 0 Å². The van der Waals surface area contributed by atoms with Crippen LogP contribution in [0.25, 0.3) is 11.5 Å². The molecule has 0 aliphatic rings. The molecule has 3 aromatic rings. The molecule has 0 aliphatic heterocycles. The molecular formula is C15H14N2O4. The van der Waals surface area contributed by atoms with Crippen LogP contribution >= 0.6 is 0 Å². The first-order valence-electron chi connectivity index (χ1n) is 6.56. The Labute approximate surface area is 120 Å². The maximum atomic E-state index is 12.1. The van der Waals surface area contributed by atoms with Crippen molar-refractivity contribution < 1.29 is 18.2 Å². The molecule has 0 unspecified atom stereocenters. The van der Waals surface area contributed by atoms with Gasteiger partial charge in [0.15, 0.2) is 11.5 Å². The summed E-state index contributed by atoms with van der Waals surface area (Å²) in [6, 6.07) is 8.64. The Bertz CT molecular complexity index is 698. The Kier molecular flexibility index (Phi) is 3.59. The highest BCUT2D eigenvalue weighted by atomic mass is 16.5. The molecule has 1 atom stereocenters. The fourth-order valence-corrected chi connectivity index (χ4v) is 2.00. The molecule has 0 fully saturated rings. The maximum absolute atomic E-state index is 12.1. The molecule has 0 saturated carbocycles. The molecule has 1 amide bonds. The van der Waals surface area contributed by atoms with E-state index in [2.05, 4.69) is 10.5 Å². The first kappa shape index (κ1) is 13.2. The molecule has 21 heavy (non-hydrogen) atoms. The monoisotopic (exact) mass is 286 g/mol. The van der Waals surface area contributed by atoms with Crippen molar-refractivity contribution in [3.05, 3.63) is 54.3 Å². The number of rotatable bonds is 5. The van der Waals surface area contributed by atoms with Crippen LogP contribution in [0.2, 0.25) is 0 Å². The van der Waals surface area contributed by atoms with E-state index in [1.165, 1.54) is 6.26 Å². The lowest BCUT2D eigenvalue weighted by Crippen LogP contribution is -2.34. The molecule has 0 saturated heterocycles. The topological polar surface area (TPSA) is 81.4 Å². The van der Waals surface area contributed by atoms with Gasteiger partial charge in [0.2, 0.25) is 5.76 Å². The Morgan fingerprint density at radius 3 is 2.76 bits per heavy atom. The zero-order chi connectivity index (χ0) is 14.7. The summed E-state index contributed by atoms with van der Waals surface area (Å²) in [6.07, 6.45) is 3.75. The number of hydrogen-bond acceptors (Lipinski definition) is 5. The smallest absolute Gasteiger partial charge is 0.273 e. The molecule has 3 rings (SSSR count). The van der Waals surface area contributed by atoms with Crippen molar-refractivity contribution in [2.45, 2.75) is 19.4 Å². The first-order chi connectivity index (χ1) is 10.2. The van der Waals surface area contributed by atoms with Crippen LogP contribution in [-0.4, -0.2) is 17.1 Å². The normalized spacial score (nSPS) is 12.2. The van der Waals surface area contributed by atoms with Crippen molar-refractivity contribution in [2.75, 3.05) is 0 Å². The van der Waals surface area contributed by atoms with Crippen LogP contribution in [0.15, 0.2) is 56.2 Å². The van der Waals surface area contributed by atoms with Gasteiger partial charge in [-0.15, -0.1) is 0 Å². The summed E-state index contributed by atoms with van der Waals surface area (Å²) in [4.78, 5) is 12.1. The van der Waals surface area contributed by atoms with Crippen molar-refractivity contribution in [3.63, 3.8) is 0 Å². The third-order valence-corrected chi connectivity index (χ3v) is 2.97. The van der Waals surface area contributed by atoms with Gasteiger partial charge in [-0.2, -0.15) is 0 Å². The van der Waals surface area contributed by atoms with Crippen molar-refractivity contribution in [2.24, 2.45) is 0 Å². The molecular weight excluding hydrogens is 272 g/mol. The minimum atomic E-state index is -0.296. The van der Waals surface area contributed by atoms with E-state index in [4.69, 9.17) is 13.4 Å². The average molecular weight is 286 g/mol. The van der Waals surface area contributed by atoms with E-state index in [1.807, 2.05) is 19.1 Å². The number of carbonyl (C=O) groups excluding carboxylic acids is 1. The maximum Gasteiger partial charge on any atom is 0.273 e. The van der Waals surface area contributed by atoms with Gasteiger partial charge in [-0.05, 0) is 31.2 Å². The predicted octanol–water partition coefficient (Wildman–Crippen LogP) is 2.89. The quantitative estimate of drug-likeness (QED) is 0.780. The van der Waals surface area contributed by atoms with Gasteiger partial charge < -0.3 is 18.7 Å². The van der Waals surface area contributed by atoms with E-state index in [0.717, 1.165) is 5.76 Å². The summed E-state index contributed by atoms with van der Waals surface area (Å²) >= 11 is 0. The molecule has 6 nitrogen and oxygen atoms in total. The summed E-state index contributed by atoms with van der Waals surface area (Å²) in [6.45, 7) is 1.90. The van der Waals surface area contributed by atoms with Crippen LogP contribution in [-0.2, 0) is 6.42 Å². The zero-order valence-corrected chi connectivity index (χ0v) is 11.4. The van der Waals surface area contributed by atoms with E-state index >= 15 is 0 Å². The van der Waals surface area contributed by atoms with Crippen molar-refractivity contribution in [3.8, 4) is 11.5 Å². The van der Waals surface area contributed by atoms with Crippen LogP contribution < -0.4 is 5.32 Å². The second-order valence-corrected chi connectivity index (χ2v) is 4.71. The second kappa shape index (κ2) is 5.70. The highest BCUT2D eigenvalue weighted by molar-refractivity contribution is 5.93. The molecule has 108 valence electrons. The highest BCUT2D eigenvalue weighted by Crippen LogP contribution is 2.20. The summed E-state index contributed by atoms with van der Waals surface area (Å²) in [5.74, 6) is 1.48. The number of aromatic nitrogens is 1. The molecule has 0 aromatic carbocycles. The largest absolute Gasteiger partial charge is 0.469 e. The fourth-order valence-electron chi connectivity index (χ4n) is 2.00. The molecule has 6 heteroatoms. The summed E-state index contributed by atoms with van der Waals surface area (Å²) in [5, 5.41) is 6.59. The third-order valence-electron chi connectivity index (χ3n) is 2.97. The Morgan fingerprint density at radius 2 is 2.05 bits per heavy atom. The summed E-state index contributed by atoms with van der Waals surface area (Å²) in [7, 11) is 0. The van der Waals surface area contributed by atoms with Gasteiger partial charge in [-0.1, -0.05) is 5.16 Å². The van der Waals surface area contributed by atoms with E-state index in [9.17, 15) is 4.79 Å². The number of furan rings is 2. The SMILES string of the molecule is C[C@H](Cc1ccco1)NC(=O)c1cc(-c2ccco2)on1. The molecule has 0 aliphatic carbocycles. The van der Waals surface area contributed by atoms with Crippen LogP contribution in [0.4, 0.5) is 0 Å². The van der Waals surface area contributed by atoms with Gasteiger partial charge in [0, 0.05) is 18.5 Å². The highest BCUT2D eigenvalue weighted by Gasteiger charge is 2.17. The van der Waals surface area contributed by atoms with Crippen LogP contribution in [0, 0.1) is 0 Å². The van der Waals surface area contributed by atoms with Gasteiger partial charge in [-0.3, -0.25) is 4.79 Å². The predicted molar refractivity (Wildman–Crippen MR) is 73.5 cm³/mol. The lowest BCUT2D eigenvalue weighted by Gasteiger charge is -2.10. The number of nitrogens with zero attached hydrogens (tertiary/aromatic N) is 1. The molecule has 1 N–H and O–H groups in total. The van der Waals surface area contributed by atoms with Gasteiger partial charge in [-0.25, -0.2) is 0 Å².